The quantitative estimate of drug-likeness (QED) is 0.500. The minimum atomic E-state index is -0.271. The molecule has 0 aliphatic rings. The Labute approximate surface area is 68.3 Å². The van der Waals surface area contributed by atoms with E-state index < -0.39 is 0 Å². The van der Waals surface area contributed by atoms with Crippen molar-refractivity contribution in [3.63, 3.8) is 0 Å². The molecule has 60 valence electrons. The van der Waals surface area contributed by atoms with E-state index in [1.807, 2.05) is 0 Å². The van der Waals surface area contributed by atoms with E-state index in [0.717, 1.165) is 0 Å². The Kier molecular flexibility index (Phi) is 2.19. The molecule has 0 heterocycles. The third kappa shape index (κ3) is 1.74. The van der Waals surface area contributed by atoms with Crippen molar-refractivity contribution < 1.29 is 5.21 Å². The number of hydrogen-bond acceptors (Lipinski definition) is 4. The largest absolute Gasteiger partial charge is 0.733 e. The lowest BCUT2D eigenvalue weighted by Crippen LogP contribution is -2.07. The SMILES string of the molecule is Nc1cc(N([O-])O)ccc1Cl. The van der Waals surface area contributed by atoms with Gasteiger partial charge in [0.1, 0.15) is 0 Å². The number of anilines is 2. The fourth-order valence-corrected chi connectivity index (χ4v) is 0.768. The number of benzene rings is 1. The maximum atomic E-state index is 10.3. The number of hydrogen-bond donors (Lipinski definition) is 2. The predicted octanol–water partition coefficient (Wildman–Crippen LogP) is 1.62. The fourth-order valence-electron chi connectivity index (χ4n) is 0.650. The number of nitrogens with zero attached hydrogens (tertiary/aromatic N) is 1. The lowest BCUT2D eigenvalue weighted by Gasteiger charge is -2.21. The van der Waals surface area contributed by atoms with Crippen molar-refractivity contribution in [3.05, 3.63) is 28.4 Å². The van der Waals surface area contributed by atoms with Crippen LogP contribution in [0.25, 0.3) is 0 Å². The predicted molar refractivity (Wildman–Crippen MR) is 43.5 cm³/mol. The lowest BCUT2D eigenvalue weighted by molar-refractivity contribution is 0.296. The molecule has 0 fully saturated rings. The Morgan fingerprint density at radius 2 is 2.18 bits per heavy atom. The molecule has 5 heteroatoms. The summed E-state index contributed by atoms with van der Waals surface area (Å²) in [6.07, 6.45) is 0. The van der Waals surface area contributed by atoms with Crippen LogP contribution < -0.4 is 11.0 Å². The molecule has 11 heavy (non-hydrogen) atoms. The molecule has 1 rings (SSSR count). The zero-order valence-electron chi connectivity index (χ0n) is 5.49. The molecule has 0 bridgehead atoms. The van der Waals surface area contributed by atoms with Gasteiger partial charge in [0.25, 0.3) is 0 Å². The van der Waals surface area contributed by atoms with Crippen LogP contribution in [0.15, 0.2) is 18.2 Å². The van der Waals surface area contributed by atoms with Crippen LogP contribution >= 0.6 is 11.6 Å². The van der Waals surface area contributed by atoms with Crippen molar-refractivity contribution in [1.29, 1.82) is 0 Å². The summed E-state index contributed by atoms with van der Waals surface area (Å²) in [5, 5.41) is 18.8. The Hall–Kier alpha value is -0.970. The molecule has 0 aliphatic heterocycles. The molecule has 0 unspecified atom stereocenters. The van der Waals surface area contributed by atoms with Gasteiger partial charge in [-0.1, -0.05) is 11.6 Å². The average Bonchev–Trinajstić information content (AvgIpc) is 1.94. The summed E-state index contributed by atoms with van der Waals surface area (Å²) in [5.74, 6) is 0. The van der Waals surface area contributed by atoms with E-state index in [1.54, 1.807) is 0 Å². The highest BCUT2D eigenvalue weighted by atomic mass is 35.5. The van der Waals surface area contributed by atoms with Crippen LogP contribution in [0.2, 0.25) is 5.02 Å². The average molecular weight is 174 g/mol. The van der Waals surface area contributed by atoms with Gasteiger partial charge in [0.15, 0.2) is 0 Å². The second kappa shape index (κ2) is 2.96. The van der Waals surface area contributed by atoms with Gasteiger partial charge in [-0.15, -0.1) is 0 Å². The van der Waals surface area contributed by atoms with E-state index in [9.17, 15) is 5.21 Å². The second-order valence-electron chi connectivity index (χ2n) is 1.98. The van der Waals surface area contributed by atoms with Gasteiger partial charge in [-0.05, 0) is 18.2 Å². The normalized spacial score (nSPS) is 9.73. The molecule has 0 aliphatic carbocycles. The minimum absolute atomic E-state index is 0.0619. The number of nitrogens with two attached hydrogens (primary N) is 1. The molecular formula is C6H6ClN2O2-. The molecule has 0 aromatic heterocycles. The number of halogens is 1. The molecule has 1 aromatic carbocycles. The van der Waals surface area contributed by atoms with E-state index in [0.29, 0.717) is 5.02 Å². The Balaban J connectivity index is 3.05. The summed E-state index contributed by atoms with van der Waals surface area (Å²) < 4.78 is 0. The first-order valence-corrected chi connectivity index (χ1v) is 3.20. The molecular weight excluding hydrogens is 168 g/mol. The Bertz CT molecular complexity index is 265. The van der Waals surface area contributed by atoms with Crippen LogP contribution in [-0.4, -0.2) is 5.21 Å². The first-order valence-electron chi connectivity index (χ1n) is 2.82. The van der Waals surface area contributed by atoms with Crippen LogP contribution in [0, 0.1) is 5.21 Å². The second-order valence-corrected chi connectivity index (χ2v) is 2.39. The zero-order chi connectivity index (χ0) is 8.43. The van der Waals surface area contributed by atoms with Gasteiger partial charge in [0, 0.05) is 0 Å². The van der Waals surface area contributed by atoms with E-state index >= 15 is 0 Å². The van der Waals surface area contributed by atoms with Crippen LogP contribution in [0.3, 0.4) is 0 Å². The third-order valence-corrected chi connectivity index (χ3v) is 1.54. The summed E-state index contributed by atoms with van der Waals surface area (Å²) >= 11 is 5.56. The molecule has 0 radical (unpaired) electrons. The van der Waals surface area contributed by atoms with Crippen LogP contribution in [0.1, 0.15) is 0 Å². The Morgan fingerprint density at radius 1 is 1.55 bits per heavy atom. The molecule has 0 saturated heterocycles. The van der Waals surface area contributed by atoms with E-state index in [2.05, 4.69) is 0 Å². The van der Waals surface area contributed by atoms with Crippen molar-refractivity contribution in [1.82, 2.24) is 0 Å². The number of nitrogen functional groups attached to an aromatic ring is 1. The maximum Gasteiger partial charge on any atom is 0.0636 e. The van der Waals surface area contributed by atoms with Gasteiger partial charge in [0.05, 0.1) is 16.4 Å². The Morgan fingerprint density at radius 3 is 2.64 bits per heavy atom. The summed E-state index contributed by atoms with van der Waals surface area (Å²) in [7, 11) is 0. The highest BCUT2D eigenvalue weighted by Gasteiger charge is 1.97. The topological polar surface area (TPSA) is 72.5 Å². The van der Waals surface area contributed by atoms with Gasteiger partial charge in [0.2, 0.25) is 0 Å². The third-order valence-electron chi connectivity index (χ3n) is 1.20. The van der Waals surface area contributed by atoms with Gasteiger partial charge in [-0.2, -0.15) is 0 Å². The molecule has 0 atom stereocenters. The lowest BCUT2D eigenvalue weighted by atomic mass is 10.3. The van der Waals surface area contributed by atoms with Crippen molar-refractivity contribution in [2.45, 2.75) is 0 Å². The summed E-state index contributed by atoms with van der Waals surface area (Å²) in [6.45, 7) is 0. The first-order chi connectivity index (χ1) is 5.11. The van der Waals surface area contributed by atoms with Crippen molar-refractivity contribution in [2.75, 3.05) is 11.0 Å². The van der Waals surface area contributed by atoms with Crippen molar-refractivity contribution >= 4 is 23.0 Å². The van der Waals surface area contributed by atoms with Gasteiger partial charge < -0.3 is 16.2 Å². The van der Waals surface area contributed by atoms with Gasteiger partial charge >= 0.3 is 0 Å². The molecule has 3 N–H and O–H groups in total. The smallest absolute Gasteiger partial charge is 0.0636 e. The standard InChI is InChI=1S/C6H6ClN2O2/c7-5-2-1-4(9(10)11)3-6(5)8/h1-3,10H,8H2/q-1. The molecule has 1 aromatic rings. The number of rotatable bonds is 1. The highest BCUT2D eigenvalue weighted by Crippen LogP contribution is 2.23. The maximum absolute atomic E-state index is 10.3. The zero-order valence-corrected chi connectivity index (χ0v) is 6.25. The van der Waals surface area contributed by atoms with Crippen LogP contribution in [0.4, 0.5) is 11.4 Å². The monoisotopic (exact) mass is 173 g/mol. The molecule has 4 nitrogen and oxygen atoms in total. The molecule has 0 spiro atoms. The fraction of sp³-hybridized carbons (Fsp3) is 0. The van der Waals surface area contributed by atoms with E-state index in [4.69, 9.17) is 22.5 Å². The minimum Gasteiger partial charge on any atom is -0.733 e. The van der Waals surface area contributed by atoms with Crippen LogP contribution in [0.5, 0.6) is 0 Å². The highest BCUT2D eigenvalue weighted by molar-refractivity contribution is 6.33. The summed E-state index contributed by atoms with van der Waals surface area (Å²) in [5.41, 5.74) is 5.67. The van der Waals surface area contributed by atoms with Gasteiger partial charge in [-0.25, -0.2) is 0 Å². The van der Waals surface area contributed by atoms with E-state index in [1.165, 1.54) is 18.2 Å². The first kappa shape index (κ1) is 8.13. The summed E-state index contributed by atoms with van der Waals surface area (Å²) in [4.78, 5) is 0. The summed E-state index contributed by atoms with van der Waals surface area (Å²) in [6, 6.07) is 4.09. The van der Waals surface area contributed by atoms with Gasteiger partial charge in [-0.3, -0.25) is 5.21 Å². The van der Waals surface area contributed by atoms with Crippen LogP contribution in [-0.2, 0) is 0 Å². The molecule has 0 amide bonds. The van der Waals surface area contributed by atoms with Crippen molar-refractivity contribution in [2.24, 2.45) is 0 Å². The van der Waals surface area contributed by atoms with Crippen molar-refractivity contribution in [3.8, 4) is 0 Å². The molecule has 0 saturated carbocycles. The van der Waals surface area contributed by atoms with E-state index in [-0.39, 0.29) is 16.6 Å².